The molecule has 28 heavy (non-hydrogen) atoms. The van der Waals surface area contributed by atoms with E-state index >= 15 is 0 Å². The highest BCUT2D eigenvalue weighted by molar-refractivity contribution is 5.95. The largest absolute Gasteiger partial charge is 0.497 e. The zero-order chi connectivity index (χ0) is 20.1. The predicted molar refractivity (Wildman–Crippen MR) is 106 cm³/mol. The van der Waals surface area contributed by atoms with Crippen molar-refractivity contribution in [3.05, 3.63) is 63.7 Å². The second-order valence-corrected chi connectivity index (χ2v) is 6.81. The van der Waals surface area contributed by atoms with Crippen LogP contribution in [0.15, 0.2) is 42.5 Å². The van der Waals surface area contributed by atoms with E-state index in [0.29, 0.717) is 24.3 Å². The Bertz CT molecular complexity index is 846. The van der Waals surface area contributed by atoms with Crippen LogP contribution in [-0.4, -0.2) is 56.1 Å². The van der Waals surface area contributed by atoms with Crippen molar-refractivity contribution in [2.24, 2.45) is 0 Å². The number of anilines is 1. The van der Waals surface area contributed by atoms with Crippen molar-refractivity contribution in [1.82, 2.24) is 4.90 Å². The van der Waals surface area contributed by atoms with Crippen molar-refractivity contribution < 1.29 is 19.4 Å². The minimum absolute atomic E-state index is 0.0860. The zero-order valence-corrected chi connectivity index (χ0v) is 16.1. The molecule has 2 aromatic rings. The topological polar surface area (TPSA) is 89.2 Å². The molecule has 0 bridgehead atoms. The van der Waals surface area contributed by atoms with E-state index in [-0.39, 0.29) is 11.6 Å². The van der Waals surface area contributed by atoms with E-state index < -0.39 is 4.92 Å². The standard InChI is InChI=1S/C20H24N4O4/c1-21-18-8-5-16(13-19(18)24(26)27)20(25)23-11-9-22(10-12-23)14-15-3-6-17(28-2)7-4-15/h3-8,13,21H,9-12,14H2,1-2H3/p+1. The number of nitrogens with one attached hydrogen (secondary N) is 2. The van der Waals surface area contributed by atoms with Gasteiger partial charge < -0.3 is 19.9 Å². The molecule has 2 aromatic carbocycles. The van der Waals surface area contributed by atoms with Gasteiger partial charge in [-0.25, -0.2) is 0 Å². The molecule has 0 aliphatic carbocycles. The summed E-state index contributed by atoms with van der Waals surface area (Å²) in [5.74, 6) is 0.682. The number of benzene rings is 2. The fraction of sp³-hybridized carbons (Fsp3) is 0.350. The molecule has 0 saturated carbocycles. The van der Waals surface area contributed by atoms with Crippen molar-refractivity contribution in [2.75, 3.05) is 45.7 Å². The molecule has 8 nitrogen and oxygen atoms in total. The third-order valence-corrected chi connectivity index (χ3v) is 5.08. The first-order chi connectivity index (χ1) is 13.5. The maximum absolute atomic E-state index is 12.8. The Morgan fingerprint density at radius 3 is 2.46 bits per heavy atom. The number of hydrogen-bond donors (Lipinski definition) is 2. The number of amides is 1. The fourth-order valence-corrected chi connectivity index (χ4v) is 3.44. The monoisotopic (exact) mass is 385 g/mol. The number of ether oxygens (including phenoxy) is 1. The average molecular weight is 385 g/mol. The number of quaternary nitrogens is 1. The number of nitro groups is 1. The number of piperazine rings is 1. The van der Waals surface area contributed by atoms with Gasteiger partial charge in [-0.15, -0.1) is 0 Å². The molecule has 1 aliphatic rings. The molecule has 148 valence electrons. The first-order valence-corrected chi connectivity index (χ1v) is 9.23. The number of methoxy groups -OCH3 is 1. The molecule has 0 radical (unpaired) electrons. The third-order valence-electron chi connectivity index (χ3n) is 5.08. The molecule has 0 unspecified atom stereocenters. The number of nitro benzene ring substituents is 1. The SMILES string of the molecule is CNc1ccc(C(=O)N2CC[NH+](Cc3ccc(OC)cc3)CC2)cc1[N+](=O)[O-]. The lowest BCUT2D eigenvalue weighted by Crippen LogP contribution is -3.13. The summed E-state index contributed by atoms with van der Waals surface area (Å²) >= 11 is 0. The van der Waals surface area contributed by atoms with Gasteiger partial charge in [0.15, 0.2) is 0 Å². The van der Waals surface area contributed by atoms with Crippen molar-refractivity contribution in [1.29, 1.82) is 0 Å². The highest BCUT2D eigenvalue weighted by Crippen LogP contribution is 2.25. The summed E-state index contributed by atoms with van der Waals surface area (Å²) < 4.78 is 5.18. The highest BCUT2D eigenvalue weighted by atomic mass is 16.6. The van der Waals surface area contributed by atoms with Gasteiger partial charge in [-0.05, 0) is 36.4 Å². The third kappa shape index (κ3) is 4.40. The molecule has 1 heterocycles. The van der Waals surface area contributed by atoms with Gasteiger partial charge in [-0.2, -0.15) is 0 Å². The second-order valence-electron chi connectivity index (χ2n) is 6.81. The summed E-state index contributed by atoms with van der Waals surface area (Å²) in [5.41, 5.74) is 1.89. The molecule has 1 saturated heterocycles. The maximum atomic E-state index is 12.8. The van der Waals surface area contributed by atoms with Gasteiger partial charge >= 0.3 is 0 Å². The van der Waals surface area contributed by atoms with Crippen molar-refractivity contribution in [3.63, 3.8) is 0 Å². The van der Waals surface area contributed by atoms with Gasteiger partial charge in [0.2, 0.25) is 0 Å². The zero-order valence-electron chi connectivity index (χ0n) is 16.1. The van der Waals surface area contributed by atoms with E-state index in [9.17, 15) is 14.9 Å². The quantitative estimate of drug-likeness (QED) is 0.576. The van der Waals surface area contributed by atoms with Crippen LogP contribution in [0, 0.1) is 10.1 Å². The lowest BCUT2D eigenvalue weighted by atomic mass is 10.1. The summed E-state index contributed by atoms with van der Waals surface area (Å²) in [6.45, 7) is 3.84. The molecule has 1 fully saturated rings. The van der Waals surface area contributed by atoms with E-state index in [1.807, 2.05) is 12.1 Å². The molecule has 2 N–H and O–H groups in total. The first kappa shape index (κ1) is 19.6. The summed E-state index contributed by atoms with van der Waals surface area (Å²) in [7, 11) is 3.27. The number of hydrogen-bond acceptors (Lipinski definition) is 5. The Balaban J connectivity index is 1.60. The minimum atomic E-state index is -0.473. The van der Waals surface area contributed by atoms with Gasteiger partial charge in [0, 0.05) is 24.2 Å². The van der Waals surface area contributed by atoms with Gasteiger partial charge in [-0.1, -0.05) is 0 Å². The Morgan fingerprint density at radius 1 is 1.21 bits per heavy atom. The van der Waals surface area contributed by atoms with E-state index in [1.165, 1.54) is 16.5 Å². The van der Waals surface area contributed by atoms with E-state index in [0.717, 1.165) is 25.4 Å². The lowest BCUT2D eigenvalue weighted by molar-refractivity contribution is -0.917. The Morgan fingerprint density at radius 2 is 1.89 bits per heavy atom. The highest BCUT2D eigenvalue weighted by Gasteiger charge is 2.26. The van der Waals surface area contributed by atoms with E-state index in [2.05, 4.69) is 17.4 Å². The average Bonchev–Trinajstić information content (AvgIpc) is 2.73. The van der Waals surface area contributed by atoms with Gasteiger partial charge in [0.25, 0.3) is 11.6 Å². The molecule has 3 rings (SSSR count). The number of carbonyl (C=O) groups is 1. The van der Waals surface area contributed by atoms with Crippen LogP contribution >= 0.6 is 0 Å². The van der Waals surface area contributed by atoms with Crippen LogP contribution in [0.4, 0.5) is 11.4 Å². The van der Waals surface area contributed by atoms with Crippen LogP contribution in [-0.2, 0) is 6.54 Å². The molecular weight excluding hydrogens is 360 g/mol. The minimum Gasteiger partial charge on any atom is -0.497 e. The lowest BCUT2D eigenvalue weighted by Gasteiger charge is -2.32. The second kappa shape index (κ2) is 8.71. The number of carbonyl (C=O) groups excluding carboxylic acids is 1. The Kier molecular flexibility index (Phi) is 6.10. The fourth-order valence-electron chi connectivity index (χ4n) is 3.44. The summed E-state index contributed by atoms with van der Waals surface area (Å²) in [5, 5.41) is 14.0. The summed E-state index contributed by atoms with van der Waals surface area (Å²) in [6, 6.07) is 12.6. The summed E-state index contributed by atoms with van der Waals surface area (Å²) in [4.78, 5) is 26.7. The van der Waals surface area contributed by atoms with Crippen LogP contribution < -0.4 is 15.0 Å². The van der Waals surface area contributed by atoms with Crippen molar-refractivity contribution >= 4 is 17.3 Å². The molecular formula is C20H25N4O4+. The number of nitrogens with zero attached hydrogens (tertiary/aromatic N) is 2. The maximum Gasteiger partial charge on any atom is 0.293 e. The van der Waals surface area contributed by atoms with Crippen LogP contribution in [0.2, 0.25) is 0 Å². The predicted octanol–water partition coefficient (Wildman–Crippen LogP) is 1.19. The molecule has 1 amide bonds. The van der Waals surface area contributed by atoms with E-state index in [4.69, 9.17) is 4.74 Å². The molecule has 0 spiro atoms. The van der Waals surface area contributed by atoms with Crippen LogP contribution in [0.25, 0.3) is 0 Å². The van der Waals surface area contributed by atoms with Crippen molar-refractivity contribution in [3.8, 4) is 5.75 Å². The van der Waals surface area contributed by atoms with E-state index in [1.54, 1.807) is 31.2 Å². The molecule has 0 atom stereocenters. The normalized spacial score (nSPS) is 14.6. The van der Waals surface area contributed by atoms with Crippen LogP contribution in [0.5, 0.6) is 5.75 Å². The van der Waals surface area contributed by atoms with Gasteiger partial charge in [0.1, 0.15) is 18.0 Å². The van der Waals surface area contributed by atoms with Gasteiger partial charge in [0.05, 0.1) is 38.2 Å². The van der Waals surface area contributed by atoms with Gasteiger partial charge in [-0.3, -0.25) is 14.9 Å². The first-order valence-electron chi connectivity index (χ1n) is 9.23. The van der Waals surface area contributed by atoms with Crippen LogP contribution in [0.1, 0.15) is 15.9 Å². The Labute approximate surface area is 163 Å². The van der Waals surface area contributed by atoms with Crippen LogP contribution in [0.3, 0.4) is 0 Å². The van der Waals surface area contributed by atoms with Crippen molar-refractivity contribution in [2.45, 2.75) is 6.54 Å². The smallest absolute Gasteiger partial charge is 0.293 e. The molecule has 0 aromatic heterocycles. The summed E-state index contributed by atoms with van der Waals surface area (Å²) in [6.07, 6.45) is 0. The molecule has 1 aliphatic heterocycles. The number of rotatable bonds is 6. The Hall–Kier alpha value is -3.13. The molecule has 8 heteroatoms.